The van der Waals surface area contributed by atoms with Crippen LogP contribution in [0.15, 0.2) is 47.2 Å². The fourth-order valence-corrected chi connectivity index (χ4v) is 2.34. The zero-order valence-corrected chi connectivity index (χ0v) is 9.58. The standard InChI is InChI=1S/C14H8O5/c15-8-5-9(16)14(19)11-10(8)12(17)6-3-1-2-4-7(6)13(11)18/h1-5,8,15-16H. The van der Waals surface area contributed by atoms with E-state index < -0.39 is 34.8 Å². The summed E-state index contributed by atoms with van der Waals surface area (Å²) in [6, 6.07) is 6.08. The quantitative estimate of drug-likeness (QED) is 0.668. The molecule has 0 bridgehead atoms. The van der Waals surface area contributed by atoms with E-state index in [1.807, 2.05) is 0 Å². The van der Waals surface area contributed by atoms with E-state index in [-0.39, 0.29) is 16.7 Å². The Labute approximate surface area is 107 Å². The molecule has 0 radical (unpaired) electrons. The molecule has 0 saturated heterocycles. The molecule has 0 aromatic heterocycles. The molecule has 94 valence electrons. The number of fused-ring (bicyclic) bond motifs is 1. The summed E-state index contributed by atoms with van der Waals surface area (Å²) in [6.45, 7) is 0. The summed E-state index contributed by atoms with van der Waals surface area (Å²) in [4.78, 5) is 36.3. The van der Waals surface area contributed by atoms with Crippen LogP contribution in [-0.2, 0) is 4.79 Å². The number of benzene rings is 1. The third-order valence-corrected chi connectivity index (χ3v) is 3.23. The van der Waals surface area contributed by atoms with Gasteiger partial charge >= 0.3 is 0 Å². The number of carbonyl (C=O) groups is 3. The maximum atomic E-state index is 12.2. The number of aliphatic hydroxyl groups excluding tert-OH is 2. The van der Waals surface area contributed by atoms with Crippen molar-refractivity contribution in [3.05, 3.63) is 58.4 Å². The minimum absolute atomic E-state index is 0.113. The van der Waals surface area contributed by atoms with E-state index in [9.17, 15) is 24.6 Å². The Morgan fingerprint density at radius 1 is 0.895 bits per heavy atom. The van der Waals surface area contributed by atoms with Gasteiger partial charge in [0, 0.05) is 16.7 Å². The summed E-state index contributed by atoms with van der Waals surface area (Å²) in [7, 11) is 0. The normalized spacial score (nSPS) is 22.1. The molecule has 19 heavy (non-hydrogen) atoms. The van der Waals surface area contributed by atoms with Gasteiger partial charge < -0.3 is 10.2 Å². The van der Waals surface area contributed by atoms with Gasteiger partial charge in [-0.2, -0.15) is 0 Å². The fraction of sp³-hybridized carbons (Fsp3) is 0.0714. The molecule has 0 saturated carbocycles. The maximum Gasteiger partial charge on any atom is 0.231 e. The second-order valence-corrected chi connectivity index (χ2v) is 4.32. The largest absolute Gasteiger partial charge is 0.504 e. The Bertz CT molecular complexity index is 708. The van der Waals surface area contributed by atoms with Gasteiger partial charge in [-0.15, -0.1) is 0 Å². The molecule has 1 aromatic rings. The van der Waals surface area contributed by atoms with Crippen molar-refractivity contribution in [2.75, 3.05) is 0 Å². The summed E-state index contributed by atoms with van der Waals surface area (Å²) in [5.74, 6) is -2.84. The van der Waals surface area contributed by atoms with Gasteiger partial charge in [-0.3, -0.25) is 14.4 Å². The molecule has 2 N–H and O–H groups in total. The number of rotatable bonds is 0. The van der Waals surface area contributed by atoms with Crippen LogP contribution in [-0.4, -0.2) is 33.7 Å². The SMILES string of the molecule is O=C1C(O)=CC(O)C2=C1C(=O)c1ccccc1C2=O. The predicted molar refractivity (Wildman–Crippen MR) is 63.9 cm³/mol. The molecule has 1 atom stereocenters. The average Bonchev–Trinajstić information content (AvgIpc) is 2.40. The lowest BCUT2D eigenvalue weighted by Gasteiger charge is -2.24. The van der Waals surface area contributed by atoms with Crippen molar-refractivity contribution in [3.63, 3.8) is 0 Å². The van der Waals surface area contributed by atoms with E-state index in [0.717, 1.165) is 6.08 Å². The van der Waals surface area contributed by atoms with Gasteiger partial charge in [0.25, 0.3) is 0 Å². The molecule has 0 heterocycles. The Kier molecular flexibility index (Phi) is 2.27. The third-order valence-electron chi connectivity index (χ3n) is 3.23. The molecule has 1 aromatic carbocycles. The van der Waals surface area contributed by atoms with Gasteiger partial charge in [-0.25, -0.2) is 0 Å². The zero-order valence-electron chi connectivity index (χ0n) is 9.58. The highest BCUT2D eigenvalue weighted by atomic mass is 16.3. The molecule has 5 nitrogen and oxygen atoms in total. The summed E-state index contributed by atoms with van der Waals surface area (Å²) in [5.41, 5.74) is -0.419. The molecular formula is C14H8O5. The van der Waals surface area contributed by atoms with Gasteiger partial charge in [-0.1, -0.05) is 24.3 Å². The zero-order chi connectivity index (χ0) is 13.7. The second-order valence-electron chi connectivity index (χ2n) is 4.32. The highest BCUT2D eigenvalue weighted by molar-refractivity contribution is 6.39. The molecule has 0 aliphatic heterocycles. The van der Waals surface area contributed by atoms with Crippen LogP contribution in [0.2, 0.25) is 0 Å². The van der Waals surface area contributed by atoms with Crippen LogP contribution in [0.3, 0.4) is 0 Å². The molecule has 0 fully saturated rings. The first-order valence-electron chi connectivity index (χ1n) is 5.58. The van der Waals surface area contributed by atoms with E-state index >= 15 is 0 Å². The van der Waals surface area contributed by atoms with Crippen molar-refractivity contribution in [2.45, 2.75) is 6.10 Å². The fourth-order valence-electron chi connectivity index (χ4n) is 2.34. The average molecular weight is 256 g/mol. The highest BCUT2D eigenvalue weighted by Gasteiger charge is 2.41. The topological polar surface area (TPSA) is 91.7 Å². The number of hydrogen-bond acceptors (Lipinski definition) is 5. The van der Waals surface area contributed by atoms with E-state index in [1.165, 1.54) is 12.1 Å². The molecule has 2 aliphatic carbocycles. The lowest BCUT2D eigenvalue weighted by molar-refractivity contribution is -0.114. The van der Waals surface area contributed by atoms with Gasteiger partial charge in [0.05, 0.1) is 5.57 Å². The maximum absolute atomic E-state index is 12.2. The van der Waals surface area contributed by atoms with Crippen LogP contribution >= 0.6 is 0 Å². The minimum atomic E-state index is -1.45. The predicted octanol–water partition coefficient (Wildman–Crippen LogP) is 0.748. The molecule has 0 spiro atoms. The number of hydrogen-bond donors (Lipinski definition) is 2. The third kappa shape index (κ3) is 1.42. The van der Waals surface area contributed by atoms with Crippen molar-refractivity contribution in [3.8, 4) is 0 Å². The van der Waals surface area contributed by atoms with Gasteiger partial charge in [0.1, 0.15) is 6.10 Å². The number of aliphatic hydroxyl groups is 2. The highest BCUT2D eigenvalue weighted by Crippen LogP contribution is 2.32. The Hall–Kier alpha value is -2.53. The van der Waals surface area contributed by atoms with Crippen LogP contribution in [0.5, 0.6) is 0 Å². The molecule has 0 amide bonds. The lowest BCUT2D eigenvalue weighted by atomic mass is 9.77. The van der Waals surface area contributed by atoms with Crippen molar-refractivity contribution in [2.24, 2.45) is 0 Å². The molecule has 1 unspecified atom stereocenters. The molecular weight excluding hydrogens is 248 g/mol. The van der Waals surface area contributed by atoms with Crippen LogP contribution in [0.4, 0.5) is 0 Å². The second kappa shape index (κ2) is 3.73. The lowest BCUT2D eigenvalue weighted by Crippen LogP contribution is -2.35. The van der Waals surface area contributed by atoms with E-state index in [0.29, 0.717) is 0 Å². The molecule has 5 heteroatoms. The Morgan fingerprint density at radius 2 is 1.47 bits per heavy atom. The van der Waals surface area contributed by atoms with Crippen LogP contribution in [0.25, 0.3) is 0 Å². The van der Waals surface area contributed by atoms with Crippen molar-refractivity contribution >= 4 is 17.3 Å². The number of ketones is 3. The smallest absolute Gasteiger partial charge is 0.231 e. The van der Waals surface area contributed by atoms with Gasteiger partial charge in [0.15, 0.2) is 17.3 Å². The molecule has 3 rings (SSSR count). The van der Waals surface area contributed by atoms with Crippen LogP contribution in [0.1, 0.15) is 20.7 Å². The Balaban J connectivity index is 2.29. The first kappa shape index (κ1) is 11.6. The minimum Gasteiger partial charge on any atom is -0.504 e. The summed E-state index contributed by atoms with van der Waals surface area (Å²) < 4.78 is 0. The summed E-state index contributed by atoms with van der Waals surface area (Å²) >= 11 is 0. The van der Waals surface area contributed by atoms with E-state index in [2.05, 4.69) is 0 Å². The van der Waals surface area contributed by atoms with E-state index in [1.54, 1.807) is 12.1 Å². The number of carbonyl (C=O) groups excluding carboxylic acids is 3. The van der Waals surface area contributed by atoms with Crippen molar-refractivity contribution in [1.82, 2.24) is 0 Å². The first-order chi connectivity index (χ1) is 9.02. The first-order valence-corrected chi connectivity index (χ1v) is 5.58. The van der Waals surface area contributed by atoms with Gasteiger partial charge in [-0.05, 0) is 6.08 Å². The van der Waals surface area contributed by atoms with Crippen LogP contribution < -0.4 is 0 Å². The molecule has 2 aliphatic rings. The van der Waals surface area contributed by atoms with Crippen LogP contribution in [0, 0.1) is 0 Å². The van der Waals surface area contributed by atoms with E-state index in [4.69, 9.17) is 0 Å². The van der Waals surface area contributed by atoms with Crippen molar-refractivity contribution < 1.29 is 24.6 Å². The summed E-state index contributed by atoms with van der Waals surface area (Å²) in [6.07, 6.45) is -0.585. The Morgan fingerprint density at radius 3 is 2.11 bits per heavy atom. The monoisotopic (exact) mass is 256 g/mol. The van der Waals surface area contributed by atoms with Crippen molar-refractivity contribution in [1.29, 1.82) is 0 Å². The summed E-state index contributed by atoms with van der Waals surface area (Å²) in [5, 5.41) is 19.2. The number of allylic oxidation sites excluding steroid dienone is 1. The number of Topliss-reactive ketones (excluding diaryl/α,β-unsaturated/α-hetero) is 3. The van der Waals surface area contributed by atoms with Gasteiger partial charge in [0.2, 0.25) is 5.78 Å².